The van der Waals surface area contributed by atoms with Gasteiger partial charge in [0.2, 0.25) is 0 Å². The summed E-state index contributed by atoms with van der Waals surface area (Å²) in [6, 6.07) is 29.3. The third-order valence-corrected chi connectivity index (χ3v) is 13.1. The van der Waals surface area contributed by atoms with Crippen molar-refractivity contribution in [3.8, 4) is 78.6 Å². The third kappa shape index (κ3) is 9.74. The molecule has 0 spiro atoms. The largest absolute Gasteiger partial charge is 0.507 e. The maximum absolute atomic E-state index is 12.7. The van der Waals surface area contributed by atoms with Gasteiger partial charge in [-0.3, -0.25) is 9.55 Å². The van der Waals surface area contributed by atoms with Crippen molar-refractivity contribution in [2.75, 3.05) is 0 Å². The first-order valence-corrected chi connectivity index (χ1v) is 23.9. The third-order valence-electron chi connectivity index (χ3n) is 13.1. The molecule has 4 heteroatoms. The highest BCUT2D eigenvalue weighted by Crippen LogP contribution is 2.46. The molecule has 1 N–H and O–H groups in total. The lowest BCUT2D eigenvalue weighted by Gasteiger charge is -2.22. The van der Waals surface area contributed by atoms with E-state index in [4.69, 9.17) is 26.9 Å². The number of fused-ring (bicyclic) bond motifs is 1. The number of aromatic nitrogens is 3. The van der Waals surface area contributed by atoms with E-state index in [2.05, 4.69) is 39.6 Å². The molecule has 0 atom stereocenters. The molecule has 0 saturated heterocycles. The standard InChI is InChI=1S/C67H71N3O/c1-41(2)48-37-55(42(3)4)63(71)58(38-48)64-69-62-54(49-34-50(36-53(35-49)67(12,13)14)59-39-47(31-32-68-59)44-23-27-51(28-24-44)65(6,7)8)21-18-22-60(62)70(64)61-40-56(45-19-16-15-17-20-45)43(5)33-57(61)46-25-29-52(30-26-46)66(9,10)11/h15-42,71H,1-14H3/i5D3,6D3,7D3,8D3,23D,24D,27D,28D,31D,32D,39D. The molecule has 0 aliphatic rings. The van der Waals surface area contributed by atoms with Gasteiger partial charge in [-0.25, -0.2) is 4.98 Å². The topological polar surface area (TPSA) is 50.9 Å². The van der Waals surface area contributed by atoms with Crippen LogP contribution in [0.1, 0.15) is 161 Å². The van der Waals surface area contributed by atoms with Crippen molar-refractivity contribution in [1.82, 2.24) is 14.5 Å². The Morgan fingerprint density at radius 2 is 1.24 bits per heavy atom. The number of para-hydroxylation sites is 1. The monoisotopic (exact) mass is 953 g/mol. The second-order valence-corrected chi connectivity index (χ2v) is 21.1. The van der Waals surface area contributed by atoms with Crippen LogP contribution in [0.5, 0.6) is 5.75 Å². The lowest BCUT2D eigenvalue weighted by molar-refractivity contribution is 0.466. The predicted octanol–water partition coefficient (Wildman–Crippen LogP) is 18.6. The van der Waals surface area contributed by atoms with Gasteiger partial charge >= 0.3 is 0 Å². The molecule has 0 bridgehead atoms. The van der Waals surface area contributed by atoms with Gasteiger partial charge in [-0.05, 0) is 150 Å². The van der Waals surface area contributed by atoms with Crippen molar-refractivity contribution in [3.63, 3.8) is 0 Å². The highest BCUT2D eigenvalue weighted by molar-refractivity contribution is 5.98. The number of hydrogen-bond acceptors (Lipinski definition) is 3. The van der Waals surface area contributed by atoms with Gasteiger partial charge in [0.05, 0.1) is 37.6 Å². The van der Waals surface area contributed by atoms with Crippen LogP contribution in [0.25, 0.3) is 83.9 Å². The summed E-state index contributed by atoms with van der Waals surface area (Å²) in [5, 5.41) is 12.7. The van der Waals surface area contributed by atoms with Crippen molar-refractivity contribution in [2.45, 2.75) is 125 Å². The van der Waals surface area contributed by atoms with Crippen LogP contribution < -0.4 is 0 Å². The SMILES string of the molecule is [2H]c1nc(-c2cc(-c3cccc4c3nc(-c3cc(C(C)C)cc(C(C)C)c3O)n4-c3cc(-c4ccccc4)c(C([2H])([2H])[2H])cc3-c3ccc(C(C)(C)C)cc3)cc(C(C)(C)C)c2)c([2H])c(-c2c([2H])c([2H])c(C(C([2H])([2H])[2H])(C([2H])([2H])[2H])C([2H])([2H])[2H])c([2H])c2[2H])c1[2H]. The van der Waals surface area contributed by atoms with Gasteiger partial charge in [-0.1, -0.05) is 193 Å². The minimum absolute atomic E-state index is 0.000525. The zero-order valence-electron chi connectivity index (χ0n) is 60.9. The van der Waals surface area contributed by atoms with Crippen LogP contribution in [0.15, 0.2) is 158 Å². The molecule has 0 aliphatic heterocycles. The van der Waals surface area contributed by atoms with Crippen molar-refractivity contribution >= 4 is 11.0 Å². The summed E-state index contributed by atoms with van der Waals surface area (Å²) < 4.78 is 168. The van der Waals surface area contributed by atoms with Gasteiger partial charge in [0.25, 0.3) is 0 Å². The van der Waals surface area contributed by atoms with Crippen molar-refractivity contribution in [1.29, 1.82) is 0 Å². The molecule has 0 radical (unpaired) electrons. The fourth-order valence-corrected chi connectivity index (χ4v) is 8.95. The van der Waals surface area contributed by atoms with E-state index in [1.807, 2.05) is 136 Å². The molecule has 360 valence electrons. The summed E-state index contributed by atoms with van der Waals surface area (Å²) in [5.41, 5.74) is 1.09. The zero-order valence-corrected chi connectivity index (χ0v) is 41.9. The Hall–Kier alpha value is -7.04. The number of hydrogen-bond donors (Lipinski definition) is 1. The van der Waals surface area contributed by atoms with Crippen LogP contribution in [0.2, 0.25) is 0 Å². The Labute approximate surface area is 450 Å². The van der Waals surface area contributed by atoms with E-state index >= 15 is 0 Å². The van der Waals surface area contributed by atoms with E-state index in [1.54, 1.807) is 18.2 Å². The highest BCUT2D eigenvalue weighted by Gasteiger charge is 2.27. The number of rotatable bonds is 9. The number of nitrogens with zero attached hydrogens (tertiary/aromatic N) is 3. The first-order valence-electron chi connectivity index (χ1n) is 33.4. The van der Waals surface area contributed by atoms with Gasteiger partial charge in [-0.15, -0.1) is 0 Å². The van der Waals surface area contributed by atoms with Gasteiger partial charge in [0.15, 0.2) is 0 Å². The molecule has 9 rings (SSSR count). The summed E-state index contributed by atoms with van der Waals surface area (Å²) >= 11 is 0. The molecule has 7 aromatic carbocycles. The number of pyridine rings is 1. The molecular formula is C67H71N3O. The summed E-state index contributed by atoms with van der Waals surface area (Å²) in [7, 11) is 0. The quantitative estimate of drug-likeness (QED) is 0.157. The number of phenolic OH excluding ortho intramolecular Hbond substituents is 1. The average molecular weight is 953 g/mol. The molecular weight excluding hydrogens is 863 g/mol. The zero-order chi connectivity index (χ0) is 66.8. The molecule has 2 heterocycles. The Kier molecular flexibility index (Phi) is 8.03. The van der Waals surface area contributed by atoms with Gasteiger partial charge in [0.1, 0.15) is 11.6 Å². The van der Waals surface area contributed by atoms with Crippen LogP contribution >= 0.6 is 0 Å². The molecule has 9 aromatic rings. The normalized spacial score (nSPS) is 17.0. The molecule has 4 nitrogen and oxygen atoms in total. The van der Waals surface area contributed by atoms with Crippen LogP contribution in [-0.4, -0.2) is 19.6 Å². The van der Waals surface area contributed by atoms with Gasteiger partial charge in [0, 0.05) is 39.3 Å². The van der Waals surface area contributed by atoms with Gasteiger partial charge in [-0.2, -0.15) is 0 Å². The number of aryl methyl sites for hydroxylation is 1. The van der Waals surface area contributed by atoms with E-state index in [-0.39, 0.29) is 39.8 Å². The second-order valence-electron chi connectivity index (χ2n) is 21.1. The molecule has 2 aromatic heterocycles. The molecule has 0 aliphatic carbocycles. The Balaban J connectivity index is 1.40. The fourth-order valence-electron chi connectivity index (χ4n) is 8.95. The maximum atomic E-state index is 12.7. The minimum Gasteiger partial charge on any atom is -0.507 e. The Bertz CT molecular complexity index is 4230. The first kappa shape index (κ1) is 30.6. The summed E-state index contributed by atoms with van der Waals surface area (Å²) in [5.74, 6) is 0.194. The fraction of sp³-hybridized carbons (Fsp3) is 0.284. The molecule has 0 amide bonds. The van der Waals surface area contributed by atoms with Crippen molar-refractivity contribution in [2.24, 2.45) is 0 Å². The summed E-state index contributed by atoms with van der Waals surface area (Å²) in [6.07, 6.45) is -0.764. The lowest BCUT2D eigenvalue weighted by atomic mass is 9.83. The van der Waals surface area contributed by atoms with E-state index in [0.717, 1.165) is 11.1 Å². The predicted molar refractivity (Wildman–Crippen MR) is 302 cm³/mol. The van der Waals surface area contributed by atoms with E-state index in [1.165, 1.54) is 0 Å². The summed E-state index contributed by atoms with van der Waals surface area (Å²) in [4.78, 5) is 9.99. The molecule has 0 saturated carbocycles. The lowest BCUT2D eigenvalue weighted by Crippen LogP contribution is -2.11. The number of imidazole rings is 1. The van der Waals surface area contributed by atoms with Crippen LogP contribution in [0.3, 0.4) is 0 Å². The van der Waals surface area contributed by atoms with Gasteiger partial charge < -0.3 is 5.11 Å². The van der Waals surface area contributed by atoms with Crippen LogP contribution in [0, 0.1) is 6.85 Å². The maximum Gasteiger partial charge on any atom is 0.149 e. The molecule has 0 unspecified atom stereocenters. The molecule has 0 fully saturated rings. The number of phenols is 1. The van der Waals surface area contributed by atoms with E-state index in [9.17, 15) is 9.22 Å². The van der Waals surface area contributed by atoms with E-state index in [0.29, 0.717) is 72.6 Å². The Morgan fingerprint density at radius 3 is 1.89 bits per heavy atom. The van der Waals surface area contributed by atoms with E-state index < -0.39 is 97.4 Å². The number of benzene rings is 7. The average Bonchev–Trinajstić information content (AvgIpc) is 0.749. The minimum atomic E-state index is -3.95. The summed E-state index contributed by atoms with van der Waals surface area (Å²) in [6.45, 7) is 5.87. The molecule has 71 heavy (non-hydrogen) atoms. The number of aromatic hydroxyl groups is 1. The second kappa shape index (κ2) is 18.6. The first-order chi connectivity index (χ1) is 41.4. The smallest absolute Gasteiger partial charge is 0.149 e. The van der Waals surface area contributed by atoms with Crippen molar-refractivity contribution in [3.05, 3.63) is 191 Å². The highest BCUT2D eigenvalue weighted by atomic mass is 16.3. The van der Waals surface area contributed by atoms with Crippen LogP contribution in [0.4, 0.5) is 0 Å². The Morgan fingerprint density at radius 1 is 0.549 bits per heavy atom. The van der Waals surface area contributed by atoms with Crippen LogP contribution in [-0.2, 0) is 16.2 Å². The van der Waals surface area contributed by atoms with Crippen molar-refractivity contribution < 1.29 is 31.2 Å².